The van der Waals surface area contributed by atoms with Crippen molar-refractivity contribution >= 4 is 35.0 Å². The molecule has 1 fully saturated rings. The number of nitrogens with one attached hydrogen (secondary N) is 1. The molecule has 0 spiro atoms. The minimum atomic E-state index is -0.349. The molecular weight excluding hydrogens is 380 g/mol. The first-order valence-electron chi connectivity index (χ1n) is 9.18. The molecule has 7 heteroatoms. The molecule has 2 aromatic carbocycles. The number of nitrogens with zero attached hydrogens (tertiary/aromatic N) is 1. The Morgan fingerprint density at radius 1 is 1.14 bits per heavy atom. The molecular formula is C21H19ClN2O4. The van der Waals surface area contributed by atoms with Crippen LogP contribution in [0.1, 0.15) is 39.1 Å². The lowest BCUT2D eigenvalue weighted by atomic mass is 10.1. The van der Waals surface area contributed by atoms with E-state index in [9.17, 15) is 14.4 Å². The van der Waals surface area contributed by atoms with Crippen LogP contribution in [0.25, 0.3) is 0 Å². The van der Waals surface area contributed by atoms with Crippen molar-refractivity contribution in [2.45, 2.75) is 25.4 Å². The van der Waals surface area contributed by atoms with Crippen LogP contribution in [0.4, 0.5) is 5.69 Å². The van der Waals surface area contributed by atoms with Crippen LogP contribution in [0.15, 0.2) is 42.5 Å². The Morgan fingerprint density at radius 2 is 1.93 bits per heavy atom. The van der Waals surface area contributed by atoms with E-state index < -0.39 is 0 Å². The van der Waals surface area contributed by atoms with E-state index in [0.29, 0.717) is 28.4 Å². The van der Waals surface area contributed by atoms with Gasteiger partial charge < -0.3 is 10.1 Å². The van der Waals surface area contributed by atoms with Crippen molar-refractivity contribution in [3.63, 3.8) is 0 Å². The zero-order valence-electron chi connectivity index (χ0n) is 15.1. The van der Waals surface area contributed by atoms with Crippen LogP contribution >= 0.6 is 11.6 Å². The summed E-state index contributed by atoms with van der Waals surface area (Å²) in [5, 5.41) is 3.29. The zero-order chi connectivity index (χ0) is 19.7. The first kappa shape index (κ1) is 18.7. The Hall–Kier alpha value is -2.70. The predicted molar refractivity (Wildman–Crippen MR) is 105 cm³/mol. The fraction of sp³-hybridized carbons (Fsp3) is 0.286. The summed E-state index contributed by atoms with van der Waals surface area (Å²) >= 11 is 6.09. The second-order valence-electron chi connectivity index (χ2n) is 6.93. The number of rotatable bonds is 5. The Morgan fingerprint density at radius 3 is 2.68 bits per heavy atom. The van der Waals surface area contributed by atoms with Gasteiger partial charge in [-0.15, -0.1) is 0 Å². The first-order valence-corrected chi connectivity index (χ1v) is 9.56. The highest BCUT2D eigenvalue weighted by Gasteiger charge is 2.37. The van der Waals surface area contributed by atoms with Gasteiger partial charge in [0, 0.05) is 17.3 Å². The van der Waals surface area contributed by atoms with Crippen molar-refractivity contribution < 1.29 is 19.1 Å². The fourth-order valence-corrected chi connectivity index (χ4v) is 3.75. The van der Waals surface area contributed by atoms with Gasteiger partial charge in [-0.25, -0.2) is 0 Å². The van der Waals surface area contributed by atoms with E-state index in [0.717, 1.165) is 18.4 Å². The van der Waals surface area contributed by atoms with Gasteiger partial charge in [0.25, 0.3) is 11.8 Å². The molecule has 28 heavy (non-hydrogen) atoms. The third-order valence-electron chi connectivity index (χ3n) is 4.97. The molecule has 0 aromatic heterocycles. The highest BCUT2D eigenvalue weighted by Crippen LogP contribution is 2.27. The SMILES string of the molecule is O=C(Cc1ccccc1Cl)Nc1ccc2c(c1)C(=O)N(C[C@H]1CCCO1)C2=O. The van der Waals surface area contributed by atoms with E-state index >= 15 is 0 Å². The molecule has 2 aliphatic heterocycles. The monoisotopic (exact) mass is 398 g/mol. The molecule has 0 aliphatic carbocycles. The molecule has 4 rings (SSSR count). The van der Waals surface area contributed by atoms with Crippen molar-refractivity contribution in [1.82, 2.24) is 4.90 Å². The van der Waals surface area contributed by atoms with E-state index in [-0.39, 0.29) is 36.8 Å². The molecule has 1 N–H and O–H groups in total. The van der Waals surface area contributed by atoms with Crippen molar-refractivity contribution in [3.05, 3.63) is 64.2 Å². The third-order valence-corrected chi connectivity index (χ3v) is 5.34. The van der Waals surface area contributed by atoms with Crippen LogP contribution < -0.4 is 5.32 Å². The minimum absolute atomic E-state index is 0.1000. The van der Waals surface area contributed by atoms with Crippen molar-refractivity contribution in [1.29, 1.82) is 0 Å². The van der Waals surface area contributed by atoms with Crippen LogP contribution in [-0.2, 0) is 16.0 Å². The largest absolute Gasteiger partial charge is 0.376 e. The highest BCUT2D eigenvalue weighted by molar-refractivity contribution is 6.31. The smallest absolute Gasteiger partial charge is 0.261 e. The predicted octanol–water partition coefficient (Wildman–Crippen LogP) is 3.30. The highest BCUT2D eigenvalue weighted by atomic mass is 35.5. The number of benzene rings is 2. The average Bonchev–Trinajstić information content (AvgIpc) is 3.27. The number of hydrogen-bond acceptors (Lipinski definition) is 4. The van der Waals surface area contributed by atoms with Gasteiger partial charge in [-0.3, -0.25) is 19.3 Å². The van der Waals surface area contributed by atoms with Crippen molar-refractivity contribution in [2.75, 3.05) is 18.5 Å². The van der Waals surface area contributed by atoms with E-state index in [1.165, 1.54) is 4.90 Å². The molecule has 0 radical (unpaired) electrons. The Labute approximate surface area is 167 Å². The summed E-state index contributed by atoms with van der Waals surface area (Å²) < 4.78 is 5.54. The summed E-state index contributed by atoms with van der Waals surface area (Å²) in [4.78, 5) is 38.8. The number of halogens is 1. The standard InChI is InChI=1S/C21H19ClN2O4/c22-18-6-2-1-4-13(18)10-19(25)23-14-7-8-16-17(11-14)21(27)24(20(16)26)12-15-5-3-9-28-15/h1-2,4,6-8,11,15H,3,5,9-10,12H2,(H,23,25)/t15-/m1/s1. The van der Waals surface area contributed by atoms with Crippen LogP contribution in [0.5, 0.6) is 0 Å². The summed E-state index contributed by atoms with van der Waals surface area (Å²) in [6, 6.07) is 11.9. The molecule has 0 saturated carbocycles. The van der Waals surface area contributed by atoms with Crippen LogP contribution in [0, 0.1) is 0 Å². The van der Waals surface area contributed by atoms with Crippen molar-refractivity contribution in [3.8, 4) is 0 Å². The van der Waals surface area contributed by atoms with E-state index in [4.69, 9.17) is 16.3 Å². The van der Waals surface area contributed by atoms with Gasteiger partial charge in [-0.2, -0.15) is 0 Å². The fourth-order valence-electron chi connectivity index (χ4n) is 3.55. The van der Waals surface area contributed by atoms with Gasteiger partial charge in [-0.1, -0.05) is 29.8 Å². The lowest BCUT2D eigenvalue weighted by molar-refractivity contribution is -0.115. The van der Waals surface area contributed by atoms with E-state index in [2.05, 4.69) is 5.32 Å². The first-order chi connectivity index (χ1) is 13.5. The lowest BCUT2D eigenvalue weighted by Gasteiger charge is -2.17. The number of fused-ring (bicyclic) bond motifs is 1. The second-order valence-corrected chi connectivity index (χ2v) is 7.34. The number of carbonyl (C=O) groups is 3. The zero-order valence-corrected chi connectivity index (χ0v) is 15.9. The Kier molecular flexibility index (Phi) is 5.15. The molecule has 1 atom stereocenters. The number of amides is 3. The molecule has 0 bridgehead atoms. The minimum Gasteiger partial charge on any atom is -0.376 e. The molecule has 2 aromatic rings. The number of carbonyl (C=O) groups excluding carboxylic acids is 3. The quantitative estimate of drug-likeness (QED) is 0.784. The molecule has 2 aliphatic rings. The average molecular weight is 399 g/mol. The van der Waals surface area contributed by atoms with Gasteiger partial charge in [0.05, 0.1) is 30.2 Å². The molecule has 0 unspecified atom stereocenters. The van der Waals surface area contributed by atoms with E-state index in [1.54, 1.807) is 36.4 Å². The number of hydrogen-bond donors (Lipinski definition) is 1. The number of imide groups is 1. The second kappa shape index (κ2) is 7.73. The maximum absolute atomic E-state index is 12.7. The van der Waals surface area contributed by atoms with Gasteiger partial charge in [0.1, 0.15) is 0 Å². The van der Waals surface area contributed by atoms with Gasteiger partial charge in [0.2, 0.25) is 5.91 Å². The van der Waals surface area contributed by atoms with Crippen LogP contribution in [-0.4, -0.2) is 41.9 Å². The summed E-state index contributed by atoms with van der Waals surface area (Å²) in [6.45, 7) is 0.927. The van der Waals surface area contributed by atoms with E-state index in [1.807, 2.05) is 6.07 Å². The number of ether oxygens (including phenoxy) is 1. The third kappa shape index (κ3) is 3.66. The summed E-state index contributed by atoms with van der Waals surface area (Å²) in [5.74, 6) is -0.914. The molecule has 6 nitrogen and oxygen atoms in total. The van der Waals surface area contributed by atoms with Crippen molar-refractivity contribution in [2.24, 2.45) is 0 Å². The lowest BCUT2D eigenvalue weighted by Crippen LogP contribution is -2.36. The summed E-state index contributed by atoms with van der Waals surface area (Å²) in [7, 11) is 0. The Balaban J connectivity index is 1.47. The molecule has 3 amide bonds. The summed E-state index contributed by atoms with van der Waals surface area (Å²) in [6.07, 6.45) is 1.80. The maximum Gasteiger partial charge on any atom is 0.261 e. The molecule has 144 valence electrons. The van der Waals surface area contributed by atoms with Gasteiger partial charge in [0.15, 0.2) is 0 Å². The van der Waals surface area contributed by atoms with Crippen LogP contribution in [0.3, 0.4) is 0 Å². The number of anilines is 1. The maximum atomic E-state index is 12.7. The van der Waals surface area contributed by atoms with Gasteiger partial charge in [-0.05, 0) is 42.7 Å². The normalized spacial score (nSPS) is 18.5. The van der Waals surface area contributed by atoms with Gasteiger partial charge >= 0.3 is 0 Å². The summed E-state index contributed by atoms with van der Waals surface area (Å²) in [5.41, 5.74) is 1.85. The topological polar surface area (TPSA) is 75.7 Å². The molecule has 1 saturated heterocycles. The van der Waals surface area contributed by atoms with Crippen LogP contribution in [0.2, 0.25) is 5.02 Å². The Bertz CT molecular complexity index is 953. The molecule has 2 heterocycles.